The first-order valence-electron chi connectivity index (χ1n) is 8.02. The van der Waals surface area contributed by atoms with Crippen LogP contribution in [0, 0.1) is 0 Å². The normalized spacial score (nSPS) is 27.6. The summed E-state index contributed by atoms with van der Waals surface area (Å²) >= 11 is 0. The number of rotatable bonds is 3. The van der Waals surface area contributed by atoms with Crippen LogP contribution in [0.4, 0.5) is 5.69 Å². The van der Waals surface area contributed by atoms with E-state index in [0.717, 1.165) is 18.4 Å². The van der Waals surface area contributed by atoms with E-state index in [4.69, 9.17) is 5.73 Å². The van der Waals surface area contributed by atoms with Crippen LogP contribution in [0.2, 0.25) is 0 Å². The number of nitrogen functional groups attached to an aromatic ring is 1. The van der Waals surface area contributed by atoms with Gasteiger partial charge in [-0.1, -0.05) is 24.8 Å². The number of benzene rings is 1. The molecule has 1 amide bonds. The van der Waals surface area contributed by atoms with Crippen molar-refractivity contribution in [1.29, 1.82) is 0 Å². The Balaban J connectivity index is 1.73. The van der Waals surface area contributed by atoms with Crippen molar-refractivity contribution in [1.82, 2.24) is 9.80 Å². The summed E-state index contributed by atoms with van der Waals surface area (Å²) in [5.41, 5.74) is 7.82. The Morgan fingerprint density at radius 3 is 2.45 bits per heavy atom. The lowest BCUT2D eigenvalue weighted by molar-refractivity contribution is -0.127. The Kier molecular flexibility index (Phi) is 3.96. The van der Waals surface area contributed by atoms with Crippen molar-refractivity contribution in [3.63, 3.8) is 0 Å². The van der Waals surface area contributed by atoms with Gasteiger partial charge in [-0.25, -0.2) is 0 Å². The number of carbonyl (C=O) groups excluding carboxylic acids is 1. The molecule has 4 heteroatoms. The first-order chi connectivity index (χ1) is 10.5. The molecule has 2 unspecified atom stereocenters. The maximum absolute atomic E-state index is 12.8. The Labute approximate surface area is 132 Å². The fourth-order valence-corrected chi connectivity index (χ4v) is 3.96. The number of piperidine rings is 1. The molecule has 2 aliphatic rings. The number of likely N-dealkylation sites (N-methyl/N-ethyl adjacent to an activating group) is 1. The zero-order chi connectivity index (χ0) is 15.9. The minimum absolute atomic E-state index is 0.00754. The third-order valence-electron chi connectivity index (χ3n) is 5.49. The number of amides is 1. The van der Waals surface area contributed by atoms with Crippen LogP contribution in [0.15, 0.2) is 30.8 Å². The minimum atomic E-state index is -0.00754. The van der Waals surface area contributed by atoms with Crippen molar-refractivity contribution in [3.8, 4) is 0 Å². The summed E-state index contributed by atoms with van der Waals surface area (Å²) in [6, 6.07) is 8.98. The SMILES string of the molecule is C=C(C(=O)N(C)C1CC2CCC(C1)N2C)c1ccccc1N. The zero-order valence-electron chi connectivity index (χ0n) is 13.5. The van der Waals surface area contributed by atoms with Crippen LogP contribution in [0.25, 0.3) is 5.57 Å². The van der Waals surface area contributed by atoms with Crippen LogP contribution in [-0.4, -0.2) is 47.9 Å². The van der Waals surface area contributed by atoms with E-state index in [1.54, 1.807) is 0 Å². The highest BCUT2D eigenvalue weighted by atomic mass is 16.2. The molecule has 1 aromatic rings. The van der Waals surface area contributed by atoms with Gasteiger partial charge in [0.05, 0.1) is 0 Å². The highest BCUT2D eigenvalue weighted by molar-refractivity contribution is 6.20. The van der Waals surface area contributed by atoms with E-state index in [-0.39, 0.29) is 5.91 Å². The number of nitrogens with two attached hydrogens (primary N) is 1. The molecule has 118 valence electrons. The van der Waals surface area contributed by atoms with Gasteiger partial charge in [-0.2, -0.15) is 0 Å². The Bertz CT molecular complexity index is 584. The third kappa shape index (κ3) is 2.52. The Morgan fingerprint density at radius 1 is 1.27 bits per heavy atom. The van der Waals surface area contributed by atoms with E-state index in [2.05, 4.69) is 18.5 Å². The summed E-state index contributed by atoms with van der Waals surface area (Å²) in [6.45, 7) is 3.99. The van der Waals surface area contributed by atoms with E-state index in [1.165, 1.54) is 12.8 Å². The molecule has 1 aromatic carbocycles. The van der Waals surface area contributed by atoms with Crippen molar-refractivity contribution in [3.05, 3.63) is 36.4 Å². The maximum Gasteiger partial charge on any atom is 0.253 e. The Hall–Kier alpha value is -1.81. The number of hydrogen-bond donors (Lipinski definition) is 1. The summed E-state index contributed by atoms with van der Waals surface area (Å²) in [6.07, 6.45) is 4.64. The highest BCUT2D eigenvalue weighted by Gasteiger charge is 2.40. The highest BCUT2D eigenvalue weighted by Crippen LogP contribution is 2.36. The van der Waals surface area contributed by atoms with Gasteiger partial charge >= 0.3 is 0 Å². The topological polar surface area (TPSA) is 49.6 Å². The van der Waals surface area contributed by atoms with Crippen LogP contribution in [0.5, 0.6) is 0 Å². The number of hydrogen-bond acceptors (Lipinski definition) is 3. The number of carbonyl (C=O) groups is 1. The van der Waals surface area contributed by atoms with E-state index in [9.17, 15) is 4.79 Å². The van der Waals surface area contributed by atoms with Crippen LogP contribution in [-0.2, 0) is 4.79 Å². The average Bonchev–Trinajstić information content (AvgIpc) is 2.75. The predicted molar refractivity (Wildman–Crippen MR) is 90.3 cm³/mol. The lowest BCUT2D eigenvalue weighted by atomic mass is 9.95. The predicted octanol–water partition coefficient (Wildman–Crippen LogP) is 2.37. The molecule has 22 heavy (non-hydrogen) atoms. The van der Waals surface area contributed by atoms with E-state index < -0.39 is 0 Å². The van der Waals surface area contributed by atoms with Crippen molar-refractivity contribution in [2.24, 2.45) is 0 Å². The monoisotopic (exact) mass is 299 g/mol. The quantitative estimate of drug-likeness (QED) is 0.688. The lowest BCUT2D eigenvalue weighted by Gasteiger charge is -2.40. The van der Waals surface area contributed by atoms with E-state index >= 15 is 0 Å². The van der Waals surface area contributed by atoms with E-state index in [0.29, 0.717) is 29.4 Å². The van der Waals surface area contributed by atoms with Crippen molar-refractivity contribution < 1.29 is 4.79 Å². The second kappa shape index (κ2) is 5.76. The fourth-order valence-electron chi connectivity index (χ4n) is 3.96. The number of para-hydroxylation sites is 1. The van der Waals surface area contributed by atoms with Crippen LogP contribution >= 0.6 is 0 Å². The molecular formula is C18H25N3O. The van der Waals surface area contributed by atoms with Gasteiger partial charge in [0.2, 0.25) is 0 Å². The summed E-state index contributed by atoms with van der Waals surface area (Å²) < 4.78 is 0. The van der Waals surface area contributed by atoms with Crippen molar-refractivity contribution in [2.75, 3.05) is 19.8 Å². The molecule has 0 aliphatic carbocycles. The summed E-state index contributed by atoms with van der Waals surface area (Å²) in [7, 11) is 4.12. The average molecular weight is 299 g/mol. The van der Waals surface area contributed by atoms with E-state index in [1.807, 2.05) is 36.2 Å². The van der Waals surface area contributed by atoms with Gasteiger partial charge in [0.1, 0.15) is 0 Å². The molecule has 2 saturated heterocycles. The molecule has 0 saturated carbocycles. The molecule has 0 spiro atoms. The summed E-state index contributed by atoms with van der Waals surface area (Å²) in [4.78, 5) is 17.1. The molecule has 2 heterocycles. The first-order valence-corrected chi connectivity index (χ1v) is 8.02. The molecule has 2 bridgehead atoms. The second-order valence-corrected chi connectivity index (χ2v) is 6.66. The molecule has 2 N–H and O–H groups in total. The minimum Gasteiger partial charge on any atom is -0.398 e. The molecular weight excluding hydrogens is 274 g/mol. The lowest BCUT2D eigenvalue weighted by Crippen LogP contribution is -2.49. The van der Waals surface area contributed by atoms with Gasteiger partial charge in [0.25, 0.3) is 5.91 Å². The van der Waals surface area contributed by atoms with Gasteiger partial charge in [-0.3, -0.25) is 4.79 Å². The zero-order valence-corrected chi connectivity index (χ0v) is 13.5. The molecule has 0 radical (unpaired) electrons. The Morgan fingerprint density at radius 2 is 1.86 bits per heavy atom. The van der Waals surface area contributed by atoms with Crippen LogP contribution in [0.3, 0.4) is 0 Å². The fraction of sp³-hybridized carbons (Fsp3) is 0.500. The van der Waals surface area contributed by atoms with Gasteiger partial charge in [0, 0.05) is 42.0 Å². The number of anilines is 1. The van der Waals surface area contributed by atoms with Crippen LogP contribution in [0.1, 0.15) is 31.2 Å². The number of fused-ring (bicyclic) bond motifs is 2. The van der Waals surface area contributed by atoms with Gasteiger partial charge in [0.15, 0.2) is 0 Å². The largest absolute Gasteiger partial charge is 0.398 e. The summed E-state index contributed by atoms with van der Waals surface area (Å²) in [5.74, 6) is -0.00754. The maximum atomic E-state index is 12.8. The number of nitrogens with zero attached hydrogens (tertiary/aromatic N) is 2. The van der Waals surface area contributed by atoms with Gasteiger partial charge in [-0.15, -0.1) is 0 Å². The van der Waals surface area contributed by atoms with Crippen LogP contribution < -0.4 is 5.73 Å². The van der Waals surface area contributed by atoms with Gasteiger partial charge in [-0.05, 0) is 38.8 Å². The second-order valence-electron chi connectivity index (χ2n) is 6.66. The molecule has 4 nitrogen and oxygen atoms in total. The smallest absolute Gasteiger partial charge is 0.253 e. The van der Waals surface area contributed by atoms with Crippen molar-refractivity contribution >= 4 is 17.2 Å². The standard InChI is InChI=1S/C18H25N3O/c1-12(16-6-4-5-7-17(16)19)18(22)21(3)15-10-13-8-9-14(11-15)20(13)2/h4-7,13-15H,1,8-11,19H2,2-3H3. The molecule has 2 fully saturated rings. The summed E-state index contributed by atoms with van der Waals surface area (Å²) in [5, 5.41) is 0. The molecule has 2 atom stereocenters. The van der Waals surface area contributed by atoms with Crippen molar-refractivity contribution in [2.45, 2.75) is 43.8 Å². The molecule has 2 aliphatic heterocycles. The van der Waals surface area contributed by atoms with Gasteiger partial charge < -0.3 is 15.5 Å². The first kappa shape index (κ1) is 15.1. The molecule has 0 aromatic heterocycles. The molecule has 3 rings (SSSR count). The third-order valence-corrected chi connectivity index (χ3v) is 5.49.